The lowest BCUT2D eigenvalue weighted by atomic mass is 9.88. The molecule has 136 heavy (non-hydrogen) atoms. The molecule has 3 aromatic heterocycles. The Kier molecular flexibility index (Phi) is 39.9. The second-order valence-corrected chi connectivity index (χ2v) is 36.6. The zero-order chi connectivity index (χ0) is 99.3. The number of ketones is 2. The summed E-state index contributed by atoms with van der Waals surface area (Å²) in [5, 5.41) is 55.7. The van der Waals surface area contributed by atoms with Crippen LogP contribution in [0.2, 0.25) is 0 Å². The Bertz CT molecular complexity index is 5250. The Morgan fingerprint density at radius 3 is 1.78 bits per heavy atom. The molecule has 0 unspecified atom stereocenters. The minimum atomic E-state index is -1.79. The molecule has 21 N–H and O–H groups in total. The maximum Gasteiger partial charge on any atom is 0.246 e. The van der Waals surface area contributed by atoms with Gasteiger partial charge in [-0.25, -0.2) is 9.37 Å². The van der Waals surface area contributed by atoms with Crippen LogP contribution in [0.15, 0.2) is 97.7 Å². The molecule has 738 valence electrons. The number of halogens is 1. The van der Waals surface area contributed by atoms with E-state index in [0.717, 1.165) is 38.6 Å². The molecule has 15 atom stereocenters. The lowest BCUT2D eigenvalue weighted by Gasteiger charge is -2.36. The van der Waals surface area contributed by atoms with E-state index in [4.69, 9.17) is 22.6 Å². The van der Waals surface area contributed by atoms with Crippen LogP contribution in [0.1, 0.15) is 153 Å². The molecule has 9 rings (SSSR count). The zero-order valence-electron chi connectivity index (χ0n) is 77.9. The Labute approximate surface area is 791 Å². The van der Waals surface area contributed by atoms with Crippen molar-refractivity contribution in [3.63, 3.8) is 0 Å². The lowest BCUT2D eigenvalue weighted by molar-refractivity contribution is -0.150. The first kappa shape index (κ1) is 106. The molecule has 0 bridgehead atoms. The van der Waals surface area contributed by atoms with Crippen LogP contribution in [0.25, 0.3) is 21.8 Å². The molecule has 6 heterocycles. The highest BCUT2D eigenvalue weighted by Crippen LogP contribution is 2.31. The second kappa shape index (κ2) is 50.9. The first-order valence-electron chi connectivity index (χ1n) is 46.0. The number of nitrogens with two attached hydrogens (primary N) is 3. The third-order valence-corrected chi connectivity index (χ3v) is 25.9. The zero-order valence-corrected chi connectivity index (χ0v) is 78.7. The number of aromatic amines is 3. The molecule has 3 saturated heterocycles. The number of likely N-dealkylation sites (N-methyl/N-ethyl adjacent to an activating group) is 3. The van der Waals surface area contributed by atoms with Gasteiger partial charge in [-0.05, 0) is 112 Å². The number of hydrogen-bond donors (Lipinski definition) is 18. The first-order valence-corrected chi connectivity index (χ1v) is 47.1. The molecule has 15 amide bonds. The molecule has 41 nitrogen and oxygen atoms in total. The first-order chi connectivity index (χ1) is 64.8. The summed E-state index contributed by atoms with van der Waals surface area (Å²) in [4.78, 5) is 270. The number of unbranched alkanes of at least 4 members (excludes halogenated alkanes) is 2. The monoisotopic (exact) mass is 1910 g/mol. The van der Waals surface area contributed by atoms with Crippen molar-refractivity contribution >= 4 is 140 Å². The van der Waals surface area contributed by atoms with Crippen molar-refractivity contribution < 1.29 is 96.1 Å². The van der Waals surface area contributed by atoms with Gasteiger partial charge in [-0.1, -0.05) is 102 Å². The van der Waals surface area contributed by atoms with Gasteiger partial charge in [0.05, 0.1) is 43.8 Å². The molecule has 0 radical (unpaired) electrons. The Balaban J connectivity index is 1.10. The number of carbonyl (C=O) groups excluding carboxylic acids is 17. The van der Waals surface area contributed by atoms with E-state index >= 15 is 38.4 Å². The summed E-state index contributed by atoms with van der Waals surface area (Å²) in [5.74, 6) is -20.5. The van der Waals surface area contributed by atoms with E-state index in [0.29, 0.717) is 69.9 Å². The van der Waals surface area contributed by atoms with Gasteiger partial charge in [-0.2, -0.15) is 0 Å². The molecular weight excluding hydrogens is 1780 g/mol. The van der Waals surface area contributed by atoms with Crippen LogP contribution in [0.4, 0.5) is 4.39 Å². The van der Waals surface area contributed by atoms with Crippen molar-refractivity contribution in [3.05, 3.63) is 126 Å². The number of nitrogens with zero attached hydrogens (tertiary/aromatic N) is 6. The number of imidazole rings is 1. The van der Waals surface area contributed by atoms with E-state index in [-0.39, 0.29) is 96.1 Å². The molecular formula is C93H129FN22O19S. The predicted molar refractivity (Wildman–Crippen MR) is 500 cm³/mol. The van der Waals surface area contributed by atoms with Crippen LogP contribution in [0.3, 0.4) is 0 Å². The molecule has 0 saturated carbocycles. The van der Waals surface area contributed by atoms with Crippen molar-refractivity contribution in [2.75, 3.05) is 65.4 Å². The summed E-state index contributed by atoms with van der Waals surface area (Å²) in [7, 11) is 3.95. The average molecular weight is 1910 g/mol. The van der Waals surface area contributed by atoms with E-state index in [1.165, 1.54) is 62.5 Å². The van der Waals surface area contributed by atoms with E-state index in [9.17, 15) is 57.8 Å². The van der Waals surface area contributed by atoms with Gasteiger partial charge in [0.15, 0.2) is 17.5 Å². The SMILES string of the molecule is CCCC[C@H]1C(=O)N(C)[C@@H](CCCC)C(=O)N[C@@H](CCCNC(=N)N)C(=O)N[C@H](C(=O)NCC(N)=O)CSCC(=O)N[C@@H](Cc2ccc(F)cc2)C(=O)N(C)[C@@H](C)C(=O)N[C@@H](CC(N)=O)C(=O)N2CCC[C@H]2C(=O)N[C@@H](Cc2cnc[nH]2)C(=O)N[C@@H](CC(C)C)C(=O)N2C[C@H](O)C[C@H]2C(=O)C[C@@H](Cc2c[nH]c3ccccc23)C(=O)N[C@@H](CO)C(=O)C[C@@H](Cc2c[nH]c3ccccc23)C(=O)N1C. The third kappa shape index (κ3) is 29.7. The molecule has 43 heteroatoms. The molecule has 3 fully saturated rings. The number of thioether (sulfide) groups is 1. The van der Waals surface area contributed by atoms with E-state index in [1.807, 2.05) is 13.8 Å². The molecule has 3 aromatic carbocycles. The van der Waals surface area contributed by atoms with E-state index in [1.54, 1.807) is 74.8 Å². The topological polar surface area (TPSA) is 617 Å². The quantitative estimate of drug-likeness (QED) is 0.0188. The number of aliphatic hydroxyl groups is 2. The van der Waals surface area contributed by atoms with Gasteiger partial charge in [0.25, 0.3) is 0 Å². The molecule has 0 spiro atoms. The number of primary amides is 2. The maximum absolute atomic E-state index is 15.8. The second-order valence-electron chi connectivity index (χ2n) is 35.6. The molecule has 3 aliphatic heterocycles. The number of aromatic nitrogens is 4. The van der Waals surface area contributed by atoms with Crippen molar-refractivity contribution in [2.45, 2.75) is 235 Å². The highest BCUT2D eigenvalue weighted by Gasteiger charge is 2.47. The molecule has 0 aliphatic carbocycles. The normalized spacial score (nSPS) is 24.8. The number of fused-ring (bicyclic) bond motifs is 4. The van der Waals surface area contributed by atoms with Crippen LogP contribution in [0, 0.1) is 29.0 Å². The van der Waals surface area contributed by atoms with Crippen molar-refractivity contribution in [1.29, 1.82) is 5.41 Å². The van der Waals surface area contributed by atoms with Crippen molar-refractivity contribution in [2.24, 2.45) is 35.0 Å². The van der Waals surface area contributed by atoms with Gasteiger partial charge >= 0.3 is 0 Å². The number of Topliss-reactive ketones (excluding diaryl/α,β-unsaturated/α-hetero) is 2. The fourth-order valence-electron chi connectivity index (χ4n) is 17.3. The average Bonchev–Trinajstić information content (AvgIpc) is 1.53. The fraction of sp³-hybridized carbons (Fsp3) is 0.538. The molecule has 6 aromatic rings. The Morgan fingerprint density at radius 2 is 1.17 bits per heavy atom. The summed E-state index contributed by atoms with van der Waals surface area (Å²) in [5.41, 5.74) is 19.9. The number of amides is 15. The minimum absolute atomic E-state index is 0.0104. The van der Waals surface area contributed by atoms with Gasteiger partial charge in [-0.3, -0.25) is 86.9 Å². The number of para-hydroxylation sites is 2. The van der Waals surface area contributed by atoms with Gasteiger partial charge < -0.3 is 115 Å². The van der Waals surface area contributed by atoms with Crippen LogP contribution in [-0.2, 0) is 107 Å². The largest absolute Gasteiger partial charge is 0.394 e. The summed E-state index contributed by atoms with van der Waals surface area (Å²) < 4.78 is 14.4. The number of benzene rings is 3. The lowest BCUT2D eigenvalue weighted by Crippen LogP contribution is -2.60. The fourth-order valence-corrected chi connectivity index (χ4v) is 18.2. The number of aliphatic hydroxyl groups excluding tert-OH is 2. The smallest absolute Gasteiger partial charge is 0.246 e. The number of nitrogens with one attached hydrogen (secondary N) is 13. The van der Waals surface area contributed by atoms with Crippen molar-refractivity contribution in [1.82, 2.24) is 92.3 Å². The van der Waals surface area contributed by atoms with Crippen LogP contribution in [-0.4, -0.2) is 305 Å². The Morgan fingerprint density at radius 1 is 0.581 bits per heavy atom. The van der Waals surface area contributed by atoms with E-state index < -0.39 is 253 Å². The van der Waals surface area contributed by atoms with Gasteiger partial charge in [0.1, 0.15) is 72.3 Å². The van der Waals surface area contributed by atoms with Gasteiger partial charge in [0.2, 0.25) is 88.6 Å². The van der Waals surface area contributed by atoms with Crippen LogP contribution < -0.4 is 65.1 Å². The third-order valence-electron chi connectivity index (χ3n) is 24.9. The predicted octanol–water partition coefficient (Wildman–Crippen LogP) is -0.314. The summed E-state index contributed by atoms with van der Waals surface area (Å²) in [6, 6.07) is 0.821. The molecule has 3 aliphatic rings. The van der Waals surface area contributed by atoms with Crippen LogP contribution in [0.5, 0.6) is 0 Å². The number of rotatable bonds is 26. The minimum Gasteiger partial charge on any atom is -0.394 e. The van der Waals surface area contributed by atoms with Gasteiger partial charge in [-0.15, -0.1) is 11.8 Å². The van der Waals surface area contributed by atoms with Gasteiger partial charge in [0, 0.05) is 137 Å². The standard InChI is InChI=1S/C93H129FN22O19S/c1-9-11-24-72-86(129)106-65(23-17-31-100-93(97)98)84(127)111-71(83(126)103-45-79(96)122)48-136-49-80(123)105-68(34-53-27-29-58(94)30-28-53)89(132)112(6)52(5)81(124)108-69(41-78(95)121)90(133)115-32-18-26-73(115)87(130)107-66(39-59-44-99-50-104-59)85(128)109-67(33-51(3)4)91(134)116-46-60(118)40-75(116)77(120)37-54(35-56-42-101-63-21-15-13-19-61(56)63)82(125)110-70(47-117)76(119)38-55(36-57-43-102-64-22-16-14-20-62(57)64)88(131)114(8)74(25-12-10-2)92(135)113(72)7/h13-16,19-22,27-30,42-44,50-52,54-55,60,65-75,101-102,117-118H,9-12,17-18,23-26,31-41,45-49H2,1-8H3,(H2,95,121)(H2,96,122)(H,99,104)(H,103,126)(H,105,123)(H,106,129)(H,107,130)(H,108,124)(H,109,128)(H,110,125)(H,111,127)(H4,97,98,100)/t52-,54+,55+,60+,65-,66-,67-,68-,69-,70-,71-,72-,73-,74-,75-/m0/s1. The van der Waals surface area contributed by atoms with Crippen LogP contribution >= 0.6 is 11.8 Å². The van der Waals surface area contributed by atoms with E-state index in [2.05, 4.69) is 67.8 Å². The number of H-pyrrole nitrogens is 3. The summed E-state index contributed by atoms with van der Waals surface area (Å²) in [6.07, 6.45) is 2.89. The maximum atomic E-state index is 15.8. The number of guanidine groups is 1. The highest BCUT2D eigenvalue weighted by atomic mass is 32.2. The van der Waals surface area contributed by atoms with Crippen molar-refractivity contribution in [3.8, 4) is 0 Å². The summed E-state index contributed by atoms with van der Waals surface area (Å²) in [6.45, 7) is 6.17. The number of carbonyl (C=O) groups is 17. The highest BCUT2D eigenvalue weighted by molar-refractivity contribution is 8.00. The Hall–Kier alpha value is -13.2. The summed E-state index contributed by atoms with van der Waals surface area (Å²) >= 11 is 0.749. The number of hydrogen-bond acceptors (Lipinski definition) is 22.